The lowest BCUT2D eigenvalue weighted by Crippen LogP contribution is -2.13. The SMILES string of the molecule is CC(=O)O.Cc1ccc2ccccc2c1C(N)=O. The number of carbonyl (C=O) groups excluding carboxylic acids is 1. The van der Waals surface area contributed by atoms with Gasteiger partial charge in [-0.2, -0.15) is 0 Å². The molecule has 18 heavy (non-hydrogen) atoms. The number of carboxylic acids is 1. The van der Waals surface area contributed by atoms with Gasteiger partial charge in [-0.25, -0.2) is 0 Å². The van der Waals surface area contributed by atoms with Crippen LogP contribution in [0.25, 0.3) is 10.8 Å². The maximum Gasteiger partial charge on any atom is 0.300 e. The Labute approximate surface area is 105 Å². The molecule has 4 nitrogen and oxygen atoms in total. The van der Waals surface area contributed by atoms with Gasteiger partial charge in [0.05, 0.1) is 0 Å². The van der Waals surface area contributed by atoms with Gasteiger partial charge in [-0.1, -0.05) is 36.4 Å². The van der Waals surface area contributed by atoms with Crippen molar-refractivity contribution in [1.82, 2.24) is 0 Å². The molecular weight excluding hydrogens is 230 g/mol. The Balaban J connectivity index is 0.000000357. The van der Waals surface area contributed by atoms with Crippen molar-refractivity contribution in [3.63, 3.8) is 0 Å². The van der Waals surface area contributed by atoms with E-state index >= 15 is 0 Å². The first-order chi connectivity index (χ1) is 8.43. The number of carboxylic acid groups (broad SMARTS) is 1. The van der Waals surface area contributed by atoms with Gasteiger partial charge in [0.2, 0.25) is 5.91 Å². The van der Waals surface area contributed by atoms with E-state index < -0.39 is 5.97 Å². The van der Waals surface area contributed by atoms with Gasteiger partial charge in [-0.3, -0.25) is 9.59 Å². The average molecular weight is 245 g/mol. The molecule has 0 aliphatic heterocycles. The summed E-state index contributed by atoms with van der Waals surface area (Å²) in [6.07, 6.45) is 0. The van der Waals surface area contributed by atoms with Crippen LogP contribution in [0.5, 0.6) is 0 Å². The van der Waals surface area contributed by atoms with E-state index in [1.165, 1.54) is 0 Å². The van der Waals surface area contributed by atoms with Crippen molar-refractivity contribution in [2.75, 3.05) is 0 Å². The monoisotopic (exact) mass is 245 g/mol. The summed E-state index contributed by atoms with van der Waals surface area (Å²) in [5, 5.41) is 9.40. The van der Waals surface area contributed by atoms with Crippen LogP contribution in [0.4, 0.5) is 0 Å². The van der Waals surface area contributed by atoms with Crippen molar-refractivity contribution in [3.05, 3.63) is 47.5 Å². The van der Waals surface area contributed by atoms with E-state index in [4.69, 9.17) is 15.6 Å². The molecule has 4 heteroatoms. The van der Waals surface area contributed by atoms with Crippen molar-refractivity contribution in [1.29, 1.82) is 0 Å². The van der Waals surface area contributed by atoms with Crippen LogP contribution in [-0.2, 0) is 4.79 Å². The molecule has 94 valence electrons. The molecule has 0 fully saturated rings. The number of hydrogen-bond donors (Lipinski definition) is 2. The number of primary amides is 1. The molecule has 0 heterocycles. The largest absolute Gasteiger partial charge is 0.481 e. The third-order valence-electron chi connectivity index (χ3n) is 2.38. The second-order valence-electron chi connectivity index (χ2n) is 3.86. The quantitative estimate of drug-likeness (QED) is 0.809. The smallest absolute Gasteiger partial charge is 0.300 e. The fourth-order valence-electron chi connectivity index (χ4n) is 1.71. The average Bonchev–Trinajstić information content (AvgIpc) is 2.27. The van der Waals surface area contributed by atoms with Gasteiger partial charge in [-0.15, -0.1) is 0 Å². The Kier molecular flexibility index (Phi) is 4.43. The zero-order valence-corrected chi connectivity index (χ0v) is 10.3. The van der Waals surface area contributed by atoms with Crippen LogP contribution in [0.1, 0.15) is 22.8 Å². The summed E-state index contributed by atoms with van der Waals surface area (Å²) in [4.78, 5) is 20.3. The van der Waals surface area contributed by atoms with Gasteiger partial charge in [0.1, 0.15) is 0 Å². The molecule has 0 radical (unpaired) electrons. The van der Waals surface area contributed by atoms with Crippen molar-refractivity contribution >= 4 is 22.6 Å². The number of nitrogens with two attached hydrogens (primary N) is 1. The molecule has 0 saturated carbocycles. The third kappa shape index (κ3) is 3.31. The summed E-state index contributed by atoms with van der Waals surface area (Å²) in [5.74, 6) is -1.20. The third-order valence-corrected chi connectivity index (χ3v) is 2.38. The standard InChI is InChI=1S/C12H11NO.C2H4O2/c1-8-6-7-9-4-2-3-5-10(9)11(8)12(13)14;1-2(3)4/h2-7H,1H3,(H2,13,14);1H3,(H,3,4). The minimum atomic E-state index is -0.833. The van der Waals surface area contributed by atoms with E-state index in [0.29, 0.717) is 5.56 Å². The van der Waals surface area contributed by atoms with E-state index in [-0.39, 0.29) is 5.91 Å². The minimum absolute atomic E-state index is 0.362. The summed E-state index contributed by atoms with van der Waals surface area (Å²) in [5.41, 5.74) is 6.90. The van der Waals surface area contributed by atoms with Crippen LogP contribution in [0.3, 0.4) is 0 Å². The number of benzene rings is 2. The first-order valence-corrected chi connectivity index (χ1v) is 5.41. The molecule has 0 aromatic heterocycles. The molecule has 0 unspecified atom stereocenters. The molecule has 3 N–H and O–H groups in total. The van der Waals surface area contributed by atoms with E-state index in [9.17, 15) is 4.79 Å². The topological polar surface area (TPSA) is 80.4 Å². The summed E-state index contributed by atoms with van der Waals surface area (Å²) in [7, 11) is 0. The Hall–Kier alpha value is -2.36. The highest BCUT2D eigenvalue weighted by atomic mass is 16.4. The van der Waals surface area contributed by atoms with Crippen LogP contribution in [0.15, 0.2) is 36.4 Å². The molecule has 0 spiro atoms. The van der Waals surface area contributed by atoms with Gasteiger partial charge >= 0.3 is 0 Å². The van der Waals surface area contributed by atoms with E-state index in [0.717, 1.165) is 23.3 Å². The Morgan fingerprint density at radius 2 is 1.67 bits per heavy atom. The number of aliphatic carboxylic acids is 1. The van der Waals surface area contributed by atoms with E-state index in [2.05, 4.69) is 0 Å². The molecule has 0 aliphatic rings. The van der Waals surface area contributed by atoms with Crippen molar-refractivity contribution in [2.45, 2.75) is 13.8 Å². The van der Waals surface area contributed by atoms with Gasteiger partial charge in [0.25, 0.3) is 5.97 Å². The highest BCUT2D eigenvalue weighted by Crippen LogP contribution is 2.21. The fourth-order valence-corrected chi connectivity index (χ4v) is 1.71. The second-order valence-corrected chi connectivity index (χ2v) is 3.86. The lowest BCUT2D eigenvalue weighted by atomic mass is 9.99. The van der Waals surface area contributed by atoms with Crippen molar-refractivity contribution in [2.24, 2.45) is 5.73 Å². The lowest BCUT2D eigenvalue weighted by Gasteiger charge is -2.06. The predicted octanol–water partition coefficient (Wildman–Crippen LogP) is 2.34. The van der Waals surface area contributed by atoms with Crippen LogP contribution in [0.2, 0.25) is 0 Å². The highest BCUT2D eigenvalue weighted by Gasteiger charge is 2.08. The van der Waals surface area contributed by atoms with Crippen molar-refractivity contribution < 1.29 is 14.7 Å². The van der Waals surface area contributed by atoms with Crippen LogP contribution in [0, 0.1) is 6.92 Å². The van der Waals surface area contributed by atoms with E-state index in [1.807, 2.05) is 43.3 Å². The van der Waals surface area contributed by atoms with Gasteiger partial charge in [-0.05, 0) is 23.3 Å². The molecule has 2 rings (SSSR count). The molecule has 2 aromatic rings. The highest BCUT2D eigenvalue weighted by molar-refractivity contribution is 6.07. The number of fused-ring (bicyclic) bond motifs is 1. The van der Waals surface area contributed by atoms with Crippen LogP contribution in [-0.4, -0.2) is 17.0 Å². The van der Waals surface area contributed by atoms with Gasteiger partial charge in [0, 0.05) is 12.5 Å². The normalized spacial score (nSPS) is 9.44. The Morgan fingerprint density at radius 3 is 2.22 bits per heavy atom. The fraction of sp³-hybridized carbons (Fsp3) is 0.143. The maximum atomic E-state index is 11.3. The number of hydrogen-bond acceptors (Lipinski definition) is 2. The van der Waals surface area contributed by atoms with Gasteiger partial charge in [0.15, 0.2) is 0 Å². The number of amides is 1. The number of aryl methyl sites for hydroxylation is 1. The molecular formula is C14H15NO3. The summed E-state index contributed by atoms with van der Waals surface area (Å²) < 4.78 is 0. The summed E-state index contributed by atoms with van der Waals surface area (Å²) in [6.45, 7) is 2.98. The van der Waals surface area contributed by atoms with Gasteiger partial charge < -0.3 is 10.8 Å². The molecule has 0 bridgehead atoms. The van der Waals surface area contributed by atoms with Crippen LogP contribution >= 0.6 is 0 Å². The summed E-state index contributed by atoms with van der Waals surface area (Å²) in [6, 6.07) is 11.7. The predicted molar refractivity (Wildman–Crippen MR) is 70.5 cm³/mol. The molecule has 1 amide bonds. The maximum absolute atomic E-state index is 11.3. The Morgan fingerprint density at radius 1 is 1.11 bits per heavy atom. The summed E-state index contributed by atoms with van der Waals surface area (Å²) >= 11 is 0. The zero-order chi connectivity index (χ0) is 13.7. The molecule has 0 aliphatic carbocycles. The first-order valence-electron chi connectivity index (χ1n) is 5.41. The lowest BCUT2D eigenvalue weighted by molar-refractivity contribution is -0.134. The minimum Gasteiger partial charge on any atom is -0.481 e. The molecule has 0 atom stereocenters. The number of rotatable bonds is 1. The Bertz CT molecular complexity index is 587. The second kappa shape index (κ2) is 5.82. The van der Waals surface area contributed by atoms with Crippen LogP contribution < -0.4 is 5.73 Å². The molecule has 2 aromatic carbocycles. The molecule has 0 saturated heterocycles. The number of carbonyl (C=O) groups is 2. The van der Waals surface area contributed by atoms with Crippen molar-refractivity contribution in [3.8, 4) is 0 Å². The zero-order valence-electron chi connectivity index (χ0n) is 10.3. The van der Waals surface area contributed by atoms with E-state index in [1.54, 1.807) is 0 Å². The first kappa shape index (κ1) is 13.7.